The Morgan fingerprint density at radius 3 is 1.91 bits per heavy atom. The summed E-state index contributed by atoms with van der Waals surface area (Å²) in [5, 5.41) is 0. The van der Waals surface area contributed by atoms with Crippen LogP contribution in [0.5, 0.6) is 5.75 Å². The second kappa shape index (κ2) is 13.6. The van der Waals surface area contributed by atoms with Crippen molar-refractivity contribution < 1.29 is 14.3 Å². The summed E-state index contributed by atoms with van der Waals surface area (Å²) in [5.41, 5.74) is 5.67. The zero-order chi connectivity index (χ0) is 24.2. The first-order valence-corrected chi connectivity index (χ1v) is 12.7. The molecule has 0 aliphatic carbocycles. The third kappa shape index (κ3) is 7.48. The van der Waals surface area contributed by atoms with Gasteiger partial charge in [0.1, 0.15) is 11.9 Å². The van der Waals surface area contributed by atoms with Crippen molar-refractivity contribution in [3.63, 3.8) is 0 Å². The van der Waals surface area contributed by atoms with Crippen LogP contribution in [-0.2, 0) is 9.53 Å². The Morgan fingerprint density at radius 2 is 1.32 bits per heavy atom. The molecule has 3 aromatic rings. The highest BCUT2D eigenvalue weighted by Crippen LogP contribution is 2.33. The molecule has 0 amide bonds. The van der Waals surface area contributed by atoms with Gasteiger partial charge in [-0.15, -0.1) is 0 Å². The first kappa shape index (κ1) is 25.6. The molecule has 0 bridgehead atoms. The summed E-state index contributed by atoms with van der Waals surface area (Å²) >= 11 is 0. The topological polar surface area (TPSA) is 35.5 Å². The molecule has 0 spiro atoms. The van der Waals surface area contributed by atoms with E-state index in [1.165, 1.54) is 24.0 Å². The number of carbonyl (C=O) groups is 1. The largest absolute Gasteiger partial charge is 0.494 e. The summed E-state index contributed by atoms with van der Waals surface area (Å²) in [7, 11) is 0. The standard InChI is InChI=1S/C31H38O3/c1-4-6-8-9-14-31(32)34-24(3)25-15-17-26(18-16-25)29-12-10-11-13-30(29)27-19-21-28(22-20-27)33-23-7-5-2/h10-13,15-22,24H,4-9,14,23H2,1-3H3. The van der Waals surface area contributed by atoms with Gasteiger partial charge in [-0.25, -0.2) is 0 Å². The van der Waals surface area contributed by atoms with E-state index in [1.54, 1.807) is 0 Å². The predicted octanol–water partition coefficient (Wildman–Crippen LogP) is 8.77. The second-order valence-corrected chi connectivity index (χ2v) is 8.84. The first-order chi connectivity index (χ1) is 16.6. The van der Waals surface area contributed by atoms with E-state index in [2.05, 4.69) is 74.5 Å². The Bertz CT molecular complexity index is 1010. The number of ether oxygens (including phenoxy) is 2. The fourth-order valence-electron chi connectivity index (χ4n) is 4.01. The van der Waals surface area contributed by atoms with Crippen LogP contribution in [-0.4, -0.2) is 12.6 Å². The Hall–Kier alpha value is -3.07. The average molecular weight is 459 g/mol. The van der Waals surface area contributed by atoms with Crippen molar-refractivity contribution in [1.82, 2.24) is 0 Å². The van der Waals surface area contributed by atoms with E-state index in [0.717, 1.165) is 54.7 Å². The van der Waals surface area contributed by atoms with E-state index in [9.17, 15) is 4.79 Å². The molecule has 0 fully saturated rings. The van der Waals surface area contributed by atoms with Gasteiger partial charge in [0.05, 0.1) is 6.61 Å². The van der Waals surface area contributed by atoms with Crippen molar-refractivity contribution >= 4 is 5.97 Å². The Balaban J connectivity index is 1.67. The summed E-state index contributed by atoms with van der Waals surface area (Å²) in [6.07, 6.45) is 6.77. The molecule has 0 aromatic heterocycles. The maximum absolute atomic E-state index is 12.1. The fourth-order valence-corrected chi connectivity index (χ4v) is 4.01. The molecule has 3 rings (SSSR count). The molecular weight excluding hydrogens is 420 g/mol. The van der Waals surface area contributed by atoms with E-state index < -0.39 is 0 Å². The molecule has 0 radical (unpaired) electrons. The molecule has 1 atom stereocenters. The van der Waals surface area contributed by atoms with Crippen LogP contribution in [0, 0.1) is 0 Å². The van der Waals surface area contributed by atoms with Crippen molar-refractivity contribution in [1.29, 1.82) is 0 Å². The lowest BCUT2D eigenvalue weighted by molar-refractivity contribution is -0.148. The van der Waals surface area contributed by atoms with Crippen LogP contribution in [0.3, 0.4) is 0 Å². The third-order valence-electron chi connectivity index (χ3n) is 6.09. The lowest BCUT2D eigenvalue weighted by Gasteiger charge is -2.15. The van der Waals surface area contributed by atoms with Gasteiger partial charge in [0.2, 0.25) is 0 Å². The van der Waals surface area contributed by atoms with Crippen LogP contribution in [0.25, 0.3) is 22.3 Å². The van der Waals surface area contributed by atoms with Crippen molar-refractivity contribution in [3.8, 4) is 28.0 Å². The number of benzene rings is 3. The molecule has 0 aliphatic heterocycles. The minimum atomic E-state index is -0.247. The lowest BCUT2D eigenvalue weighted by atomic mass is 9.94. The van der Waals surface area contributed by atoms with Gasteiger partial charge in [0.25, 0.3) is 0 Å². The Labute approximate surface area is 205 Å². The second-order valence-electron chi connectivity index (χ2n) is 8.84. The summed E-state index contributed by atoms with van der Waals surface area (Å²) in [6.45, 7) is 7.03. The Kier molecular flexibility index (Phi) is 10.2. The monoisotopic (exact) mass is 458 g/mol. The summed E-state index contributed by atoms with van der Waals surface area (Å²) in [5.74, 6) is 0.799. The molecule has 3 heteroatoms. The highest BCUT2D eigenvalue weighted by Gasteiger charge is 2.13. The normalized spacial score (nSPS) is 11.7. The minimum Gasteiger partial charge on any atom is -0.494 e. The molecular formula is C31H38O3. The summed E-state index contributed by atoms with van der Waals surface area (Å²) in [6, 6.07) is 25.1. The summed E-state index contributed by atoms with van der Waals surface area (Å²) < 4.78 is 11.5. The predicted molar refractivity (Wildman–Crippen MR) is 141 cm³/mol. The van der Waals surface area contributed by atoms with Crippen molar-refractivity contribution in [2.75, 3.05) is 6.61 Å². The van der Waals surface area contributed by atoms with E-state index in [1.807, 2.05) is 19.1 Å². The summed E-state index contributed by atoms with van der Waals surface area (Å²) in [4.78, 5) is 12.1. The van der Waals surface area contributed by atoms with Crippen LogP contribution in [0.2, 0.25) is 0 Å². The number of carbonyl (C=O) groups excluding carboxylic acids is 1. The fraction of sp³-hybridized carbons (Fsp3) is 0.387. The van der Waals surface area contributed by atoms with Gasteiger partial charge < -0.3 is 9.47 Å². The van der Waals surface area contributed by atoms with Gasteiger partial charge in [-0.05, 0) is 59.7 Å². The zero-order valence-electron chi connectivity index (χ0n) is 20.9. The van der Waals surface area contributed by atoms with Crippen molar-refractivity contribution in [2.45, 2.75) is 71.8 Å². The molecule has 0 saturated heterocycles. The van der Waals surface area contributed by atoms with Crippen LogP contribution in [0.1, 0.15) is 77.4 Å². The lowest BCUT2D eigenvalue weighted by Crippen LogP contribution is -2.08. The van der Waals surface area contributed by atoms with Crippen LogP contribution in [0.4, 0.5) is 0 Å². The van der Waals surface area contributed by atoms with Crippen molar-refractivity contribution in [2.24, 2.45) is 0 Å². The number of unbranched alkanes of at least 4 members (excludes halogenated alkanes) is 4. The van der Waals surface area contributed by atoms with Gasteiger partial charge in [-0.1, -0.05) is 100 Å². The smallest absolute Gasteiger partial charge is 0.306 e. The van der Waals surface area contributed by atoms with Crippen LogP contribution >= 0.6 is 0 Å². The quantitative estimate of drug-likeness (QED) is 0.190. The molecule has 0 N–H and O–H groups in total. The van der Waals surface area contributed by atoms with E-state index in [-0.39, 0.29) is 12.1 Å². The maximum atomic E-state index is 12.1. The number of hydrogen-bond donors (Lipinski definition) is 0. The maximum Gasteiger partial charge on any atom is 0.306 e. The molecule has 0 aliphatic rings. The van der Waals surface area contributed by atoms with Gasteiger partial charge >= 0.3 is 5.97 Å². The highest BCUT2D eigenvalue weighted by atomic mass is 16.5. The molecule has 3 aromatic carbocycles. The molecule has 180 valence electrons. The zero-order valence-corrected chi connectivity index (χ0v) is 20.9. The molecule has 3 nitrogen and oxygen atoms in total. The average Bonchev–Trinajstić information content (AvgIpc) is 2.87. The van der Waals surface area contributed by atoms with E-state index in [4.69, 9.17) is 9.47 Å². The van der Waals surface area contributed by atoms with Crippen LogP contribution < -0.4 is 4.74 Å². The third-order valence-corrected chi connectivity index (χ3v) is 6.09. The highest BCUT2D eigenvalue weighted by molar-refractivity contribution is 5.83. The van der Waals surface area contributed by atoms with Gasteiger partial charge in [-0.2, -0.15) is 0 Å². The van der Waals surface area contributed by atoms with Crippen molar-refractivity contribution in [3.05, 3.63) is 78.4 Å². The number of hydrogen-bond acceptors (Lipinski definition) is 3. The molecule has 0 saturated carbocycles. The number of esters is 1. The Morgan fingerprint density at radius 1 is 0.735 bits per heavy atom. The SMILES string of the molecule is CCCCCCC(=O)OC(C)c1ccc(-c2ccccc2-c2ccc(OCCCC)cc2)cc1. The number of rotatable bonds is 13. The van der Waals surface area contributed by atoms with Crippen LogP contribution in [0.15, 0.2) is 72.8 Å². The van der Waals surface area contributed by atoms with Gasteiger partial charge in [-0.3, -0.25) is 4.79 Å². The molecule has 1 unspecified atom stereocenters. The minimum absolute atomic E-state index is 0.111. The van der Waals surface area contributed by atoms with Gasteiger partial charge in [0, 0.05) is 6.42 Å². The van der Waals surface area contributed by atoms with E-state index >= 15 is 0 Å². The molecule has 0 heterocycles. The van der Waals surface area contributed by atoms with E-state index in [0.29, 0.717) is 6.42 Å². The first-order valence-electron chi connectivity index (χ1n) is 12.7. The van der Waals surface area contributed by atoms with Gasteiger partial charge in [0.15, 0.2) is 0 Å². The molecule has 34 heavy (non-hydrogen) atoms.